The Kier molecular flexibility index (Phi) is 10.8. The second kappa shape index (κ2) is 14.8. The van der Waals surface area contributed by atoms with E-state index in [0.717, 1.165) is 55.0 Å². The van der Waals surface area contributed by atoms with Crippen LogP contribution in [-0.2, 0) is 38.3 Å². The Morgan fingerprint density at radius 3 is 2.20 bits per heavy atom. The molecule has 0 saturated heterocycles. The van der Waals surface area contributed by atoms with E-state index in [0.29, 0.717) is 5.88 Å². The maximum absolute atomic E-state index is 6.52. The van der Waals surface area contributed by atoms with Crippen molar-refractivity contribution in [1.29, 1.82) is 0 Å². The van der Waals surface area contributed by atoms with Crippen LogP contribution in [0.25, 0.3) is 53.9 Å². The number of aryl methyl sites for hydroxylation is 2. The third-order valence-electron chi connectivity index (χ3n) is 9.57. The van der Waals surface area contributed by atoms with E-state index in [9.17, 15) is 0 Å². The summed E-state index contributed by atoms with van der Waals surface area (Å²) in [5, 5.41) is 2.26. The smallest absolute Gasteiger partial charge is 0.406 e. The summed E-state index contributed by atoms with van der Waals surface area (Å²) < 4.78 is 7.52. The summed E-state index contributed by atoms with van der Waals surface area (Å²) in [6, 6.07) is 37.4. The number of aromatic nitrogens is 3. The maximum Gasteiger partial charge on any atom is 2.00 e. The van der Waals surface area contributed by atoms with Gasteiger partial charge >= 0.3 is 27.1 Å². The van der Waals surface area contributed by atoms with Gasteiger partial charge < -0.3 is 4.74 Å². The second-order valence-electron chi connectivity index (χ2n) is 17.7. The van der Waals surface area contributed by atoms with Crippen LogP contribution in [0, 0.1) is 31.4 Å². The first-order valence-corrected chi connectivity index (χ1v) is 19.3. The van der Waals surface area contributed by atoms with Crippen molar-refractivity contribution in [2.75, 3.05) is 0 Å². The standard InChI is InChI=1S/C48H49N3OS.Pt/c1-29-21-39(33-16-14-17-35(25-33)47(6,7)8)49-42(22-29)52-45-50-40-27-41(36-20-19-31(23-30(36)2)28-46(3,4)5)53-44(40)43(51-45)34-24-32-15-12-13-18-37(32)38(26-34)48(9,10)11;/h12-15,17-23,25-27H,28H2,1-11H3;/q-2;+2. The third kappa shape index (κ3) is 8.53. The van der Waals surface area contributed by atoms with Gasteiger partial charge in [-0.15, -0.1) is 75.9 Å². The Balaban J connectivity index is 0.00000497. The minimum absolute atomic E-state index is 0. The topological polar surface area (TPSA) is 47.9 Å². The first-order chi connectivity index (χ1) is 24.9. The minimum atomic E-state index is -0.0926. The average Bonchev–Trinajstić information content (AvgIpc) is 3.49. The van der Waals surface area contributed by atoms with Gasteiger partial charge in [0.15, 0.2) is 0 Å². The molecule has 0 aliphatic heterocycles. The van der Waals surface area contributed by atoms with Gasteiger partial charge in [0.25, 0.3) is 0 Å². The van der Waals surface area contributed by atoms with Gasteiger partial charge in [0, 0.05) is 21.3 Å². The maximum atomic E-state index is 6.52. The molecule has 0 spiro atoms. The van der Waals surface area contributed by atoms with E-state index in [1.807, 2.05) is 12.1 Å². The van der Waals surface area contributed by atoms with E-state index in [2.05, 4.69) is 161 Å². The van der Waals surface area contributed by atoms with Crippen molar-refractivity contribution in [3.63, 3.8) is 0 Å². The number of hydrogen-bond acceptors (Lipinski definition) is 5. The predicted molar refractivity (Wildman–Crippen MR) is 223 cm³/mol. The van der Waals surface area contributed by atoms with Crippen LogP contribution in [0.3, 0.4) is 0 Å². The molecule has 0 saturated carbocycles. The molecule has 7 rings (SSSR count). The number of ether oxygens (including phenoxy) is 1. The molecule has 3 heterocycles. The summed E-state index contributed by atoms with van der Waals surface area (Å²) in [6.07, 6.45) is 1.03. The van der Waals surface area contributed by atoms with Crippen LogP contribution in [0.15, 0.2) is 84.9 Å². The van der Waals surface area contributed by atoms with Crippen LogP contribution < -0.4 is 4.74 Å². The quantitative estimate of drug-likeness (QED) is 0.156. The van der Waals surface area contributed by atoms with E-state index in [4.69, 9.17) is 19.7 Å². The molecule has 0 fully saturated rings. The first-order valence-electron chi connectivity index (χ1n) is 18.5. The molecule has 54 heavy (non-hydrogen) atoms. The zero-order chi connectivity index (χ0) is 37.9. The summed E-state index contributed by atoms with van der Waals surface area (Å²) >= 11 is 1.72. The second-order valence-corrected chi connectivity index (χ2v) is 18.7. The molecule has 3 aromatic heterocycles. The molecule has 0 unspecified atom stereocenters. The van der Waals surface area contributed by atoms with Gasteiger partial charge in [-0.05, 0) is 65.0 Å². The largest absolute Gasteiger partial charge is 2.00 e. The Hall–Kier alpha value is -4.18. The number of hydrogen-bond donors (Lipinski definition) is 0. The number of thiophene rings is 1. The molecular weight excluding hydrogens is 862 g/mol. The van der Waals surface area contributed by atoms with Crippen molar-refractivity contribution in [3.8, 4) is 44.8 Å². The van der Waals surface area contributed by atoms with Crippen LogP contribution in [0.2, 0.25) is 0 Å². The SMILES string of the molecule is Cc1cc(Oc2nc(-c3[c-]c4ccccc4c(C(C)(C)C)c3)c3sc(-c4ccc(CC(C)(C)C)cc4C)cc3n2)nc(-c2[c-]ccc(C(C)(C)C)c2)c1.[Pt+2]. The fourth-order valence-corrected chi connectivity index (χ4v) is 8.16. The normalized spacial score (nSPS) is 12.3. The number of rotatable bonds is 6. The minimum Gasteiger partial charge on any atom is -0.406 e. The molecule has 0 atom stereocenters. The van der Waals surface area contributed by atoms with E-state index in [-0.39, 0.29) is 43.3 Å². The zero-order valence-electron chi connectivity index (χ0n) is 33.3. The molecule has 0 aliphatic rings. The van der Waals surface area contributed by atoms with Gasteiger partial charge in [-0.3, -0.25) is 4.98 Å². The van der Waals surface area contributed by atoms with Crippen molar-refractivity contribution in [2.45, 2.75) is 93.4 Å². The van der Waals surface area contributed by atoms with Crippen molar-refractivity contribution < 1.29 is 25.8 Å². The summed E-state index contributed by atoms with van der Waals surface area (Å²) in [5.74, 6) is 0.443. The molecule has 7 aromatic rings. The van der Waals surface area contributed by atoms with E-state index >= 15 is 0 Å². The molecule has 0 amide bonds. The Morgan fingerprint density at radius 1 is 0.741 bits per heavy atom. The van der Waals surface area contributed by atoms with Gasteiger partial charge in [-0.1, -0.05) is 121 Å². The van der Waals surface area contributed by atoms with Crippen LogP contribution >= 0.6 is 11.3 Å². The van der Waals surface area contributed by atoms with Gasteiger partial charge in [-0.2, -0.15) is 4.98 Å². The summed E-state index contributed by atoms with van der Waals surface area (Å²) in [7, 11) is 0. The van der Waals surface area contributed by atoms with Crippen molar-refractivity contribution >= 4 is 32.3 Å². The number of pyridine rings is 1. The number of nitrogens with zero attached hydrogens (tertiary/aromatic N) is 3. The van der Waals surface area contributed by atoms with Gasteiger partial charge in [-0.25, -0.2) is 4.98 Å². The molecule has 278 valence electrons. The van der Waals surface area contributed by atoms with Crippen LogP contribution in [-0.4, -0.2) is 15.0 Å². The Labute approximate surface area is 339 Å². The van der Waals surface area contributed by atoms with E-state index in [1.54, 1.807) is 11.3 Å². The van der Waals surface area contributed by atoms with Gasteiger partial charge in [0.2, 0.25) is 5.88 Å². The average molecular weight is 911 g/mol. The molecular formula is C48H49N3OPtS. The van der Waals surface area contributed by atoms with Crippen LogP contribution in [0.4, 0.5) is 0 Å². The van der Waals surface area contributed by atoms with E-state index < -0.39 is 0 Å². The fourth-order valence-electron chi connectivity index (χ4n) is 6.97. The van der Waals surface area contributed by atoms with E-state index in [1.165, 1.54) is 33.2 Å². The monoisotopic (exact) mass is 910 g/mol. The number of fused-ring (bicyclic) bond motifs is 2. The molecule has 6 heteroatoms. The fraction of sp³-hybridized carbons (Fsp3) is 0.312. The molecule has 4 aromatic carbocycles. The Morgan fingerprint density at radius 2 is 1.50 bits per heavy atom. The summed E-state index contributed by atoms with van der Waals surface area (Å²) in [4.78, 5) is 16.3. The van der Waals surface area contributed by atoms with Gasteiger partial charge in [0.1, 0.15) is 0 Å². The molecule has 0 radical (unpaired) electrons. The molecule has 0 bridgehead atoms. The molecule has 0 N–H and O–H groups in total. The molecule has 0 aliphatic carbocycles. The van der Waals surface area contributed by atoms with Gasteiger partial charge in [0.05, 0.1) is 5.52 Å². The predicted octanol–water partition coefficient (Wildman–Crippen LogP) is 13.4. The molecule has 4 nitrogen and oxygen atoms in total. The number of benzene rings is 4. The zero-order valence-corrected chi connectivity index (χ0v) is 36.4. The van der Waals surface area contributed by atoms with Crippen molar-refractivity contribution in [1.82, 2.24) is 15.0 Å². The van der Waals surface area contributed by atoms with Crippen LogP contribution in [0.1, 0.15) is 90.1 Å². The summed E-state index contributed by atoms with van der Waals surface area (Å²) in [6.45, 7) is 24.5. The van der Waals surface area contributed by atoms with Crippen molar-refractivity contribution in [2.24, 2.45) is 5.41 Å². The van der Waals surface area contributed by atoms with Crippen molar-refractivity contribution in [3.05, 3.63) is 125 Å². The summed E-state index contributed by atoms with van der Waals surface area (Å²) in [5.41, 5.74) is 11.7. The first kappa shape index (κ1) is 39.5. The third-order valence-corrected chi connectivity index (χ3v) is 10.7. The van der Waals surface area contributed by atoms with Crippen LogP contribution in [0.5, 0.6) is 11.9 Å². The Bertz CT molecular complexity index is 2490.